The third-order valence-electron chi connectivity index (χ3n) is 3.21. The summed E-state index contributed by atoms with van der Waals surface area (Å²) in [6, 6.07) is 10.4. The molecular weight excluding hydrogens is 296 g/mol. The molecule has 0 fully saturated rings. The fraction of sp³-hybridized carbons (Fsp3) is 0.250. The van der Waals surface area contributed by atoms with Crippen LogP contribution in [0.2, 0.25) is 10.0 Å². The van der Waals surface area contributed by atoms with E-state index in [4.69, 9.17) is 23.2 Å². The van der Waals surface area contributed by atoms with Crippen LogP contribution in [-0.2, 0) is 0 Å². The molecule has 4 heteroatoms. The second-order valence-electron chi connectivity index (χ2n) is 4.63. The van der Waals surface area contributed by atoms with Gasteiger partial charge in [-0.3, -0.25) is 0 Å². The Morgan fingerprint density at radius 2 is 1.90 bits per heavy atom. The molecule has 106 valence electrons. The molecule has 0 spiro atoms. The fourth-order valence-corrected chi connectivity index (χ4v) is 2.74. The predicted molar refractivity (Wildman–Crippen MR) is 83.1 cm³/mol. The molecule has 1 nitrogen and oxygen atoms in total. The Hall–Kier alpha value is -1.09. The molecule has 20 heavy (non-hydrogen) atoms. The van der Waals surface area contributed by atoms with Crippen molar-refractivity contribution in [2.24, 2.45) is 0 Å². The molecule has 0 aromatic heterocycles. The summed E-state index contributed by atoms with van der Waals surface area (Å²) in [6.45, 7) is 4.44. The molecule has 0 aliphatic rings. The van der Waals surface area contributed by atoms with Crippen molar-refractivity contribution >= 4 is 23.2 Å². The third kappa shape index (κ3) is 3.14. The highest BCUT2D eigenvalue weighted by atomic mass is 35.5. The number of hydrogen-bond donors (Lipinski definition) is 1. The highest BCUT2D eigenvalue weighted by Gasteiger charge is 2.20. The van der Waals surface area contributed by atoms with E-state index in [9.17, 15) is 4.39 Å². The smallest absolute Gasteiger partial charge is 0.131 e. The van der Waals surface area contributed by atoms with Crippen LogP contribution in [-0.4, -0.2) is 6.54 Å². The summed E-state index contributed by atoms with van der Waals surface area (Å²) in [5.74, 6) is -0.204. The minimum Gasteiger partial charge on any atom is -0.306 e. The molecule has 1 unspecified atom stereocenters. The summed E-state index contributed by atoms with van der Waals surface area (Å²) >= 11 is 12.2. The van der Waals surface area contributed by atoms with Crippen molar-refractivity contribution < 1.29 is 4.39 Å². The Balaban J connectivity index is 2.53. The van der Waals surface area contributed by atoms with Crippen molar-refractivity contribution in [2.45, 2.75) is 19.9 Å². The van der Waals surface area contributed by atoms with Gasteiger partial charge in [0.25, 0.3) is 0 Å². The van der Waals surface area contributed by atoms with Crippen molar-refractivity contribution in [2.75, 3.05) is 6.54 Å². The summed E-state index contributed by atoms with van der Waals surface area (Å²) in [5, 5.41) is 4.38. The quantitative estimate of drug-likeness (QED) is 0.824. The zero-order valence-corrected chi connectivity index (χ0v) is 12.9. The van der Waals surface area contributed by atoms with Crippen molar-refractivity contribution in [3.8, 4) is 0 Å². The van der Waals surface area contributed by atoms with Gasteiger partial charge >= 0.3 is 0 Å². The number of rotatable bonds is 4. The first kappa shape index (κ1) is 15.3. The SMILES string of the molecule is CCNC(c1ccc(Cl)cc1Cl)c1cccc(C)c1F. The molecule has 0 bridgehead atoms. The van der Waals surface area contributed by atoms with E-state index >= 15 is 0 Å². The molecule has 0 aliphatic heterocycles. The Bertz CT molecular complexity index is 613. The van der Waals surface area contributed by atoms with E-state index in [-0.39, 0.29) is 11.9 Å². The number of aryl methyl sites for hydroxylation is 1. The second-order valence-corrected chi connectivity index (χ2v) is 5.48. The molecule has 0 amide bonds. The summed E-state index contributed by atoms with van der Waals surface area (Å²) in [5.41, 5.74) is 2.04. The van der Waals surface area contributed by atoms with Gasteiger partial charge in [-0.05, 0) is 36.7 Å². The van der Waals surface area contributed by atoms with E-state index in [1.807, 2.05) is 19.1 Å². The Labute approximate surface area is 128 Å². The first-order valence-electron chi connectivity index (χ1n) is 6.48. The average Bonchev–Trinajstić information content (AvgIpc) is 2.40. The van der Waals surface area contributed by atoms with Gasteiger partial charge in [-0.25, -0.2) is 4.39 Å². The molecule has 0 radical (unpaired) electrons. The lowest BCUT2D eigenvalue weighted by atomic mass is 9.96. The lowest BCUT2D eigenvalue weighted by molar-refractivity contribution is 0.553. The van der Waals surface area contributed by atoms with E-state index in [1.54, 1.807) is 31.2 Å². The van der Waals surface area contributed by atoms with E-state index < -0.39 is 0 Å². The van der Waals surface area contributed by atoms with Crippen molar-refractivity contribution in [1.82, 2.24) is 5.32 Å². The van der Waals surface area contributed by atoms with E-state index in [0.717, 1.165) is 5.56 Å². The third-order valence-corrected chi connectivity index (χ3v) is 3.78. The van der Waals surface area contributed by atoms with Crippen molar-refractivity contribution in [3.05, 3.63) is 69.0 Å². The largest absolute Gasteiger partial charge is 0.306 e. The van der Waals surface area contributed by atoms with Crippen LogP contribution in [0.25, 0.3) is 0 Å². The molecule has 0 aliphatic carbocycles. The van der Waals surface area contributed by atoms with Crippen molar-refractivity contribution in [3.63, 3.8) is 0 Å². The maximum atomic E-state index is 14.4. The van der Waals surface area contributed by atoms with E-state index in [0.29, 0.717) is 27.7 Å². The number of halogens is 3. The zero-order valence-electron chi connectivity index (χ0n) is 11.4. The molecule has 2 aromatic rings. The maximum absolute atomic E-state index is 14.4. The molecule has 0 heterocycles. The monoisotopic (exact) mass is 311 g/mol. The normalized spacial score (nSPS) is 12.4. The van der Waals surface area contributed by atoms with Gasteiger partial charge in [0.05, 0.1) is 6.04 Å². The molecular formula is C16H16Cl2FN. The maximum Gasteiger partial charge on any atom is 0.131 e. The summed E-state index contributed by atoms with van der Waals surface area (Å²) in [4.78, 5) is 0. The van der Waals surface area contributed by atoms with Crippen molar-refractivity contribution in [1.29, 1.82) is 0 Å². The molecule has 1 N–H and O–H groups in total. The standard InChI is InChI=1S/C16H16Cl2FN/c1-3-20-16(12-8-7-11(17)9-14(12)18)13-6-4-5-10(2)15(13)19/h4-9,16,20H,3H2,1-2H3. The molecule has 2 aromatic carbocycles. The van der Waals surface area contributed by atoms with Gasteiger partial charge in [-0.15, -0.1) is 0 Å². The Kier molecular flexibility index (Phi) is 5.03. The Morgan fingerprint density at radius 1 is 1.15 bits per heavy atom. The molecule has 0 saturated carbocycles. The van der Waals surface area contributed by atoms with Crippen LogP contribution >= 0.6 is 23.2 Å². The van der Waals surface area contributed by atoms with E-state index in [1.165, 1.54) is 0 Å². The molecule has 1 atom stereocenters. The first-order chi connectivity index (χ1) is 9.54. The van der Waals surface area contributed by atoms with Gasteiger partial charge in [0, 0.05) is 15.6 Å². The van der Waals surface area contributed by atoms with Gasteiger partial charge in [-0.2, -0.15) is 0 Å². The van der Waals surface area contributed by atoms with Gasteiger partial charge in [0.2, 0.25) is 0 Å². The number of benzene rings is 2. The minimum absolute atomic E-state index is 0.204. The topological polar surface area (TPSA) is 12.0 Å². The highest BCUT2D eigenvalue weighted by Crippen LogP contribution is 2.32. The van der Waals surface area contributed by atoms with Crippen LogP contribution in [0.15, 0.2) is 36.4 Å². The second kappa shape index (κ2) is 6.57. The fourth-order valence-electron chi connectivity index (χ4n) is 2.22. The first-order valence-corrected chi connectivity index (χ1v) is 7.23. The Morgan fingerprint density at radius 3 is 2.55 bits per heavy atom. The van der Waals surface area contributed by atoms with Crippen LogP contribution in [0.5, 0.6) is 0 Å². The number of nitrogens with one attached hydrogen (secondary N) is 1. The number of hydrogen-bond acceptors (Lipinski definition) is 1. The molecule has 2 rings (SSSR count). The lowest BCUT2D eigenvalue weighted by Crippen LogP contribution is -2.23. The summed E-state index contributed by atoms with van der Waals surface area (Å²) < 4.78 is 14.4. The highest BCUT2D eigenvalue weighted by molar-refractivity contribution is 6.35. The minimum atomic E-state index is -0.287. The summed E-state index contributed by atoms with van der Waals surface area (Å²) in [6.07, 6.45) is 0. The van der Waals surface area contributed by atoms with Gasteiger partial charge in [-0.1, -0.05) is 54.4 Å². The van der Waals surface area contributed by atoms with E-state index in [2.05, 4.69) is 5.32 Å². The van der Waals surface area contributed by atoms with Crippen LogP contribution in [0.1, 0.15) is 29.7 Å². The van der Waals surface area contributed by atoms with Crippen LogP contribution < -0.4 is 5.32 Å². The summed E-state index contributed by atoms with van der Waals surface area (Å²) in [7, 11) is 0. The molecule has 0 saturated heterocycles. The predicted octanol–water partition coefficient (Wildman–Crippen LogP) is 5.14. The van der Waals surface area contributed by atoms with Gasteiger partial charge in [0.1, 0.15) is 5.82 Å². The zero-order chi connectivity index (χ0) is 14.7. The lowest BCUT2D eigenvalue weighted by Gasteiger charge is -2.21. The van der Waals surface area contributed by atoms with Crippen LogP contribution in [0.4, 0.5) is 4.39 Å². The van der Waals surface area contributed by atoms with Gasteiger partial charge in [0.15, 0.2) is 0 Å². The average molecular weight is 312 g/mol. The van der Waals surface area contributed by atoms with Crippen LogP contribution in [0, 0.1) is 12.7 Å². The van der Waals surface area contributed by atoms with Gasteiger partial charge < -0.3 is 5.32 Å². The van der Waals surface area contributed by atoms with Crippen LogP contribution in [0.3, 0.4) is 0 Å².